The molecule has 0 fully saturated rings. The average molecular weight is 147 g/mol. The van der Waals surface area contributed by atoms with Gasteiger partial charge in [0.05, 0.1) is 18.1 Å². The Morgan fingerprint density at radius 2 is 2.36 bits per heavy atom. The summed E-state index contributed by atoms with van der Waals surface area (Å²) in [6.45, 7) is 0. The summed E-state index contributed by atoms with van der Waals surface area (Å²) >= 11 is 0. The van der Waals surface area contributed by atoms with Crippen LogP contribution >= 0.6 is 0 Å². The topological polar surface area (TPSA) is 54.1 Å². The van der Waals surface area contributed by atoms with Gasteiger partial charge >= 0.3 is 0 Å². The molecule has 0 radical (unpaired) electrons. The maximum atomic E-state index is 10.3. The predicted molar refractivity (Wildman–Crippen MR) is 39.1 cm³/mol. The summed E-state index contributed by atoms with van der Waals surface area (Å²) in [5.74, 6) is 0. The summed E-state index contributed by atoms with van der Waals surface area (Å²) in [5.41, 5.74) is 2.28. The number of aliphatic imine (C=N–C) groups is 1. The highest BCUT2D eigenvalue weighted by Crippen LogP contribution is 2.25. The second-order valence-corrected chi connectivity index (χ2v) is 2.30. The third-order valence-corrected chi connectivity index (χ3v) is 1.57. The van der Waals surface area contributed by atoms with Crippen molar-refractivity contribution in [3.8, 4) is 0 Å². The number of azo groups is 1. The minimum Gasteiger partial charge on any atom is -0.297 e. The van der Waals surface area contributed by atoms with E-state index >= 15 is 0 Å². The van der Waals surface area contributed by atoms with Crippen molar-refractivity contribution in [2.75, 3.05) is 0 Å². The zero-order chi connectivity index (χ0) is 7.68. The highest BCUT2D eigenvalue weighted by atomic mass is 16.1. The summed E-state index contributed by atoms with van der Waals surface area (Å²) < 4.78 is 0. The lowest BCUT2D eigenvalue weighted by Crippen LogP contribution is -2.05. The molecule has 4 nitrogen and oxygen atoms in total. The average Bonchev–Trinajstić information content (AvgIpc) is 2.50. The molecule has 0 saturated carbocycles. The maximum Gasteiger partial charge on any atom is 0.164 e. The first-order valence-corrected chi connectivity index (χ1v) is 3.22. The van der Waals surface area contributed by atoms with Gasteiger partial charge in [0.15, 0.2) is 6.29 Å². The Balaban J connectivity index is 2.37. The predicted octanol–water partition coefficient (Wildman–Crippen LogP) is 1.22. The van der Waals surface area contributed by atoms with Crippen LogP contribution in [0.25, 0.3) is 0 Å². The van der Waals surface area contributed by atoms with E-state index in [0.29, 0.717) is 12.1 Å². The second kappa shape index (κ2) is 2.23. The first-order valence-electron chi connectivity index (χ1n) is 3.22. The third kappa shape index (κ3) is 0.920. The number of carbonyl (C=O) groups excluding carboxylic acids is 1. The van der Waals surface area contributed by atoms with E-state index in [9.17, 15) is 4.79 Å². The summed E-state index contributed by atoms with van der Waals surface area (Å²) in [6, 6.07) is 0. The molecule has 2 aliphatic rings. The molecule has 2 rings (SSSR count). The number of rotatable bonds is 1. The van der Waals surface area contributed by atoms with Crippen LogP contribution in [0.3, 0.4) is 0 Å². The van der Waals surface area contributed by atoms with Gasteiger partial charge in [-0.3, -0.25) is 9.79 Å². The number of fused-ring (bicyclic) bond motifs is 1. The normalized spacial score (nSPS) is 20.2. The number of aldehydes is 1. The molecule has 11 heavy (non-hydrogen) atoms. The molecule has 0 spiro atoms. The molecule has 0 aromatic heterocycles. The van der Waals surface area contributed by atoms with Gasteiger partial charge in [-0.25, -0.2) is 0 Å². The fourth-order valence-electron chi connectivity index (χ4n) is 0.993. The molecule has 0 bridgehead atoms. The zero-order valence-electron chi connectivity index (χ0n) is 5.69. The first-order chi connectivity index (χ1) is 5.40. The molecule has 0 N–H and O–H groups in total. The monoisotopic (exact) mass is 147 g/mol. The molecule has 4 heteroatoms. The van der Waals surface area contributed by atoms with Crippen molar-refractivity contribution in [3.05, 3.63) is 23.7 Å². The number of nitrogens with zero attached hydrogens (tertiary/aromatic N) is 3. The van der Waals surface area contributed by atoms with Gasteiger partial charge in [0, 0.05) is 12.0 Å². The van der Waals surface area contributed by atoms with Crippen molar-refractivity contribution in [2.45, 2.75) is 6.42 Å². The van der Waals surface area contributed by atoms with Crippen LogP contribution < -0.4 is 0 Å². The van der Waals surface area contributed by atoms with E-state index in [1.807, 2.05) is 0 Å². The molecule has 2 aliphatic heterocycles. The van der Waals surface area contributed by atoms with E-state index in [1.54, 1.807) is 12.4 Å². The molecule has 0 aromatic rings. The van der Waals surface area contributed by atoms with Gasteiger partial charge in [0.25, 0.3) is 0 Å². The lowest BCUT2D eigenvalue weighted by Gasteiger charge is -2.04. The van der Waals surface area contributed by atoms with Gasteiger partial charge in [-0.1, -0.05) is 0 Å². The molecule has 0 aromatic carbocycles. The highest BCUT2D eigenvalue weighted by Gasteiger charge is 2.15. The van der Waals surface area contributed by atoms with Crippen molar-refractivity contribution in [1.82, 2.24) is 0 Å². The summed E-state index contributed by atoms with van der Waals surface area (Å²) in [5, 5.41) is 7.50. The van der Waals surface area contributed by atoms with Crippen LogP contribution in [-0.2, 0) is 4.79 Å². The molecule has 0 amide bonds. The SMILES string of the molecule is O=CC1=NC=C2N=NC=C2C1. The molecule has 0 aliphatic carbocycles. The maximum absolute atomic E-state index is 10.3. The standard InChI is InChI=1S/C7H5N3O/c11-4-6-1-5-2-9-10-7(5)3-8-6/h2-4H,1H2. The molecule has 0 atom stereocenters. The Morgan fingerprint density at radius 1 is 1.45 bits per heavy atom. The van der Waals surface area contributed by atoms with Crippen LogP contribution in [0.5, 0.6) is 0 Å². The van der Waals surface area contributed by atoms with Crippen LogP contribution in [-0.4, -0.2) is 12.0 Å². The zero-order valence-corrected chi connectivity index (χ0v) is 5.69. The van der Waals surface area contributed by atoms with Gasteiger partial charge in [-0.15, -0.1) is 5.11 Å². The Morgan fingerprint density at radius 3 is 3.18 bits per heavy atom. The van der Waals surface area contributed by atoms with Gasteiger partial charge in [0.2, 0.25) is 0 Å². The molecule has 54 valence electrons. The fraction of sp³-hybridized carbons (Fsp3) is 0.143. The Bertz CT molecular complexity index is 323. The fourth-order valence-corrected chi connectivity index (χ4v) is 0.993. The minimum absolute atomic E-state index is 0.535. The van der Waals surface area contributed by atoms with Crippen LogP contribution in [0.1, 0.15) is 6.42 Å². The van der Waals surface area contributed by atoms with Crippen LogP contribution in [0, 0.1) is 0 Å². The van der Waals surface area contributed by atoms with E-state index in [2.05, 4.69) is 15.2 Å². The van der Waals surface area contributed by atoms with Crippen molar-refractivity contribution in [3.63, 3.8) is 0 Å². The van der Waals surface area contributed by atoms with E-state index < -0.39 is 0 Å². The van der Waals surface area contributed by atoms with Gasteiger partial charge < -0.3 is 0 Å². The summed E-state index contributed by atoms with van der Waals surface area (Å²) in [7, 11) is 0. The Kier molecular flexibility index (Phi) is 1.25. The smallest absolute Gasteiger partial charge is 0.164 e. The summed E-state index contributed by atoms with van der Waals surface area (Å²) in [6.07, 6.45) is 4.54. The van der Waals surface area contributed by atoms with Crippen LogP contribution in [0.4, 0.5) is 0 Å². The number of allylic oxidation sites excluding steroid dienone is 1. The molecular weight excluding hydrogens is 142 g/mol. The van der Waals surface area contributed by atoms with Crippen LogP contribution in [0.2, 0.25) is 0 Å². The Labute approximate surface area is 63.0 Å². The van der Waals surface area contributed by atoms with E-state index in [4.69, 9.17) is 0 Å². The van der Waals surface area contributed by atoms with Crippen molar-refractivity contribution < 1.29 is 4.79 Å². The molecule has 2 heterocycles. The largest absolute Gasteiger partial charge is 0.297 e. The van der Waals surface area contributed by atoms with Crippen molar-refractivity contribution >= 4 is 12.0 Å². The lowest BCUT2D eigenvalue weighted by molar-refractivity contribution is -0.102. The third-order valence-electron chi connectivity index (χ3n) is 1.57. The number of carbonyl (C=O) groups is 1. The number of hydrogen-bond donors (Lipinski definition) is 0. The van der Waals surface area contributed by atoms with Crippen LogP contribution in [0.15, 0.2) is 38.9 Å². The molecule has 0 saturated heterocycles. The first kappa shape index (κ1) is 6.15. The summed E-state index contributed by atoms with van der Waals surface area (Å²) in [4.78, 5) is 14.2. The molecule has 0 unspecified atom stereocenters. The van der Waals surface area contributed by atoms with Crippen molar-refractivity contribution in [1.29, 1.82) is 0 Å². The van der Waals surface area contributed by atoms with Gasteiger partial charge in [-0.2, -0.15) is 5.11 Å². The van der Waals surface area contributed by atoms with E-state index in [-0.39, 0.29) is 0 Å². The lowest BCUT2D eigenvalue weighted by atomic mass is 10.1. The Hall–Kier alpha value is -1.58. The second-order valence-electron chi connectivity index (χ2n) is 2.30. The van der Waals surface area contributed by atoms with Crippen molar-refractivity contribution in [2.24, 2.45) is 15.2 Å². The number of hydrogen-bond acceptors (Lipinski definition) is 4. The highest BCUT2D eigenvalue weighted by molar-refractivity contribution is 6.29. The molecular formula is C7H5N3O. The van der Waals surface area contributed by atoms with Gasteiger partial charge in [0.1, 0.15) is 5.70 Å². The van der Waals surface area contributed by atoms with Gasteiger partial charge in [-0.05, 0) is 0 Å². The van der Waals surface area contributed by atoms with E-state index in [1.165, 1.54) is 0 Å². The van der Waals surface area contributed by atoms with E-state index in [0.717, 1.165) is 17.6 Å². The quantitative estimate of drug-likeness (QED) is 0.514. The minimum atomic E-state index is 0.535.